The minimum absolute atomic E-state index is 0.121. The maximum atomic E-state index is 12.2. The van der Waals surface area contributed by atoms with Gasteiger partial charge in [-0.15, -0.1) is 11.8 Å². The second-order valence-corrected chi connectivity index (χ2v) is 7.08. The maximum Gasteiger partial charge on any atom is 0.247 e. The first-order valence-corrected chi connectivity index (χ1v) is 9.45. The molecule has 0 aliphatic carbocycles. The summed E-state index contributed by atoms with van der Waals surface area (Å²) in [5, 5.41) is 5.58. The van der Waals surface area contributed by atoms with Gasteiger partial charge in [-0.2, -0.15) is 11.8 Å². The van der Waals surface area contributed by atoms with Crippen LogP contribution in [0.15, 0.2) is 47.4 Å². The minimum Gasteiger partial charge on any atom is -0.342 e. The van der Waals surface area contributed by atoms with Gasteiger partial charge in [-0.05, 0) is 36.1 Å². The second kappa shape index (κ2) is 8.29. The molecule has 2 amide bonds. The fourth-order valence-corrected chi connectivity index (χ4v) is 3.47. The Morgan fingerprint density at radius 2 is 1.91 bits per heavy atom. The Hall–Kier alpha value is -1.40. The van der Waals surface area contributed by atoms with Gasteiger partial charge in [-0.25, -0.2) is 0 Å². The average Bonchev–Trinajstić information content (AvgIpc) is 2.54. The molecule has 6 heteroatoms. The number of rotatable bonds is 7. The molecule has 0 bridgehead atoms. The highest BCUT2D eigenvalue weighted by Gasteiger charge is 2.34. The Morgan fingerprint density at radius 3 is 2.59 bits per heavy atom. The summed E-state index contributed by atoms with van der Waals surface area (Å²) in [6.45, 7) is 3.96. The third-order valence-corrected chi connectivity index (χ3v) is 5.13. The van der Waals surface area contributed by atoms with Gasteiger partial charge in [-0.1, -0.05) is 24.8 Å². The number of carbonyl (C=O) groups is 2. The smallest absolute Gasteiger partial charge is 0.247 e. The zero-order valence-electron chi connectivity index (χ0n) is 12.5. The Bertz CT molecular complexity index is 548. The Kier molecular flexibility index (Phi) is 6.39. The van der Waals surface area contributed by atoms with E-state index in [0.29, 0.717) is 17.7 Å². The van der Waals surface area contributed by atoms with Crippen LogP contribution in [-0.4, -0.2) is 41.7 Å². The predicted octanol–water partition coefficient (Wildman–Crippen LogP) is 2.07. The lowest BCUT2D eigenvalue weighted by atomic mass is 10.0. The number of carbonyl (C=O) groups excluding carboxylic acids is 2. The van der Waals surface area contributed by atoms with E-state index in [-0.39, 0.29) is 11.8 Å². The second-order valence-electron chi connectivity index (χ2n) is 5.04. The first-order chi connectivity index (χ1) is 10.6. The van der Waals surface area contributed by atoms with E-state index in [1.807, 2.05) is 36.6 Å². The SMILES string of the molecule is C=C(CSc1ccccc1)C1NC(=O)C(CCSC)NC1=O. The van der Waals surface area contributed by atoms with Crippen molar-refractivity contribution in [2.24, 2.45) is 0 Å². The van der Waals surface area contributed by atoms with Gasteiger partial charge in [0.15, 0.2) is 0 Å². The number of piperazine rings is 1. The summed E-state index contributed by atoms with van der Waals surface area (Å²) < 4.78 is 0. The number of thioether (sulfide) groups is 2. The zero-order valence-corrected chi connectivity index (χ0v) is 14.1. The molecule has 1 fully saturated rings. The molecule has 1 saturated heterocycles. The molecule has 118 valence electrons. The highest BCUT2D eigenvalue weighted by molar-refractivity contribution is 7.99. The zero-order chi connectivity index (χ0) is 15.9. The van der Waals surface area contributed by atoms with Gasteiger partial charge >= 0.3 is 0 Å². The standard InChI is InChI=1S/C16H20N2O2S2/c1-11(10-22-12-6-4-3-5-7-12)14-16(20)17-13(8-9-21-2)15(19)18-14/h3-7,13-14H,1,8-10H2,2H3,(H,17,20)(H,18,19). The van der Waals surface area contributed by atoms with E-state index >= 15 is 0 Å². The molecule has 0 radical (unpaired) electrons. The molecule has 1 aromatic rings. The van der Waals surface area contributed by atoms with Crippen molar-refractivity contribution >= 4 is 35.3 Å². The summed E-state index contributed by atoms with van der Waals surface area (Å²) in [5.74, 6) is 1.15. The fourth-order valence-electron chi connectivity index (χ4n) is 2.13. The fraction of sp³-hybridized carbons (Fsp3) is 0.375. The third-order valence-electron chi connectivity index (χ3n) is 3.37. The largest absolute Gasteiger partial charge is 0.342 e. The number of amides is 2. The van der Waals surface area contributed by atoms with Gasteiger partial charge in [0.25, 0.3) is 0 Å². The first kappa shape index (κ1) is 17.0. The van der Waals surface area contributed by atoms with Crippen LogP contribution in [0.2, 0.25) is 0 Å². The quantitative estimate of drug-likeness (QED) is 0.591. The van der Waals surface area contributed by atoms with E-state index in [4.69, 9.17) is 0 Å². The monoisotopic (exact) mass is 336 g/mol. The van der Waals surface area contributed by atoms with E-state index in [9.17, 15) is 9.59 Å². The molecule has 2 N–H and O–H groups in total. The predicted molar refractivity (Wildman–Crippen MR) is 93.2 cm³/mol. The molecule has 4 nitrogen and oxygen atoms in total. The number of hydrogen-bond acceptors (Lipinski definition) is 4. The van der Waals surface area contributed by atoms with Crippen LogP contribution in [-0.2, 0) is 9.59 Å². The molecule has 1 aliphatic heterocycles. The molecule has 0 saturated carbocycles. The number of nitrogens with one attached hydrogen (secondary N) is 2. The molecule has 2 unspecified atom stereocenters. The Labute approximate surface area is 139 Å². The van der Waals surface area contributed by atoms with Gasteiger partial charge in [0.1, 0.15) is 12.1 Å². The molecule has 0 spiro atoms. The number of hydrogen-bond donors (Lipinski definition) is 2. The molecule has 1 heterocycles. The van der Waals surface area contributed by atoms with Crippen LogP contribution in [0.5, 0.6) is 0 Å². The van der Waals surface area contributed by atoms with E-state index in [0.717, 1.165) is 10.6 Å². The highest BCUT2D eigenvalue weighted by Crippen LogP contribution is 2.21. The van der Waals surface area contributed by atoms with Gasteiger partial charge in [-0.3, -0.25) is 9.59 Å². The van der Waals surface area contributed by atoms with Gasteiger partial charge in [0.2, 0.25) is 11.8 Å². The van der Waals surface area contributed by atoms with E-state index in [1.54, 1.807) is 23.5 Å². The molecular weight excluding hydrogens is 316 g/mol. The number of benzene rings is 1. The molecule has 22 heavy (non-hydrogen) atoms. The van der Waals surface area contributed by atoms with Crippen molar-refractivity contribution < 1.29 is 9.59 Å². The minimum atomic E-state index is -0.630. The van der Waals surface area contributed by atoms with Gasteiger partial charge < -0.3 is 10.6 Å². The third kappa shape index (κ3) is 4.55. The first-order valence-electron chi connectivity index (χ1n) is 7.07. The van der Waals surface area contributed by atoms with Crippen molar-refractivity contribution in [2.75, 3.05) is 17.8 Å². The van der Waals surface area contributed by atoms with Crippen LogP contribution in [0.25, 0.3) is 0 Å². The lowest BCUT2D eigenvalue weighted by Crippen LogP contribution is -2.62. The summed E-state index contributed by atoms with van der Waals surface area (Å²) in [6, 6.07) is 8.86. The summed E-state index contributed by atoms with van der Waals surface area (Å²) >= 11 is 3.27. The van der Waals surface area contributed by atoms with Crippen molar-refractivity contribution in [1.29, 1.82) is 0 Å². The molecular formula is C16H20N2O2S2. The van der Waals surface area contributed by atoms with E-state index in [1.165, 1.54) is 0 Å². The summed E-state index contributed by atoms with van der Waals surface area (Å²) in [4.78, 5) is 25.3. The average molecular weight is 336 g/mol. The van der Waals surface area contributed by atoms with Crippen molar-refractivity contribution in [1.82, 2.24) is 10.6 Å². The van der Waals surface area contributed by atoms with Crippen LogP contribution in [0.4, 0.5) is 0 Å². The van der Waals surface area contributed by atoms with Gasteiger partial charge in [0.05, 0.1) is 0 Å². The molecule has 2 atom stereocenters. The van der Waals surface area contributed by atoms with Crippen LogP contribution in [0.1, 0.15) is 6.42 Å². The van der Waals surface area contributed by atoms with Crippen molar-refractivity contribution in [3.05, 3.63) is 42.5 Å². The molecule has 1 aromatic carbocycles. The molecule has 0 aromatic heterocycles. The van der Waals surface area contributed by atoms with Crippen LogP contribution < -0.4 is 10.6 Å². The molecule has 1 aliphatic rings. The van der Waals surface area contributed by atoms with Crippen molar-refractivity contribution in [3.63, 3.8) is 0 Å². The van der Waals surface area contributed by atoms with Crippen molar-refractivity contribution in [2.45, 2.75) is 23.4 Å². The maximum absolute atomic E-state index is 12.2. The normalized spacial score (nSPS) is 21.1. The lowest BCUT2D eigenvalue weighted by Gasteiger charge is -2.30. The van der Waals surface area contributed by atoms with Crippen LogP contribution in [0, 0.1) is 0 Å². The summed E-state index contributed by atoms with van der Waals surface area (Å²) in [7, 11) is 0. The summed E-state index contributed by atoms with van der Waals surface area (Å²) in [6.07, 6.45) is 2.63. The van der Waals surface area contributed by atoms with Crippen LogP contribution in [0.3, 0.4) is 0 Å². The Balaban J connectivity index is 1.88. The van der Waals surface area contributed by atoms with E-state index < -0.39 is 12.1 Å². The highest BCUT2D eigenvalue weighted by atomic mass is 32.2. The Morgan fingerprint density at radius 1 is 1.18 bits per heavy atom. The topological polar surface area (TPSA) is 58.2 Å². The van der Waals surface area contributed by atoms with E-state index in [2.05, 4.69) is 17.2 Å². The lowest BCUT2D eigenvalue weighted by molar-refractivity contribution is -0.135. The van der Waals surface area contributed by atoms with Crippen molar-refractivity contribution in [3.8, 4) is 0 Å². The molecule has 2 rings (SSSR count). The summed E-state index contributed by atoms with van der Waals surface area (Å²) in [5.41, 5.74) is 0.711. The van der Waals surface area contributed by atoms with Gasteiger partial charge in [0, 0.05) is 10.6 Å². The van der Waals surface area contributed by atoms with Crippen LogP contribution >= 0.6 is 23.5 Å².